The molecule has 0 saturated heterocycles. The van der Waals surface area contributed by atoms with Crippen molar-refractivity contribution < 1.29 is 61.5 Å². The van der Waals surface area contributed by atoms with Gasteiger partial charge in [0.05, 0.1) is 0 Å². The third-order valence-corrected chi connectivity index (χ3v) is 12.0. The molecule has 4 heterocycles. The second kappa shape index (κ2) is 21.2. The predicted octanol–water partition coefficient (Wildman–Crippen LogP) is -2.54. The SMILES string of the molecule is Nc1ccc([I-]N(CCCN(CCCCN(CCCNC(=O)c2cccc(=O)n2O)C(=O)c2cccc(=O)n2O)C(=O)c2cccc(=O)n2O)C(=O)c2cccc(=O)n2O)cc1. The van der Waals surface area contributed by atoms with Crippen LogP contribution in [-0.2, 0) is 0 Å². The normalized spacial score (nSPS) is 10.9. The molecule has 0 unspecified atom stereocenters. The molecule has 62 heavy (non-hydrogen) atoms. The summed E-state index contributed by atoms with van der Waals surface area (Å²) in [6.07, 6.45) is 0.837. The summed E-state index contributed by atoms with van der Waals surface area (Å²) in [6, 6.07) is 21.5. The van der Waals surface area contributed by atoms with Gasteiger partial charge >= 0.3 is 258 Å². The van der Waals surface area contributed by atoms with Crippen LogP contribution >= 0.6 is 0 Å². The van der Waals surface area contributed by atoms with Gasteiger partial charge in [-0.1, -0.05) is 12.1 Å². The summed E-state index contributed by atoms with van der Waals surface area (Å²) >= 11 is -1.23. The predicted molar refractivity (Wildman–Crippen MR) is 215 cm³/mol. The number of nitrogens with one attached hydrogen (secondary N) is 1. The van der Waals surface area contributed by atoms with Gasteiger partial charge in [-0.15, -0.1) is 9.46 Å². The van der Waals surface area contributed by atoms with Crippen LogP contribution in [0.15, 0.2) is 116 Å². The molecule has 21 nitrogen and oxygen atoms in total. The zero-order chi connectivity index (χ0) is 44.9. The summed E-state index contributed by atoms with van der Waals surface area (Å²) in [7, 11) is 0. The topological polar surface area (TPSA) is 285 Å². The second-order valence-electron chi connectivity index (χ2n) is 13.5. The fourth-order valence-electron chi connectivity index (χ4n) is 6.05. The Morgan fingerprint density at radius 1 is 0.500 bits per heavy atom. The van der Waals surface area contributed by atoms with Crippen molar-refractivity contribution in [3.05, 3.63) is 165 Å². The molecule has 4 amide bonds. The van der Waals surface area contributed by atoms with Gasteiger partial charge in [-0.05, 0) is 12.1 Å². The Morgan fingerprint density at radius 3 is 1.35 bits per heavy atom. The van der Waals surface area contributed by atoms with E-state index in [4.69, 9.17) is 5.73 Å². The van der Waals surface area contributed by atoms with E-state index in [-0.39, 0.29) is 107 Å². The van der Waals surface area contributed by atoms with Crippen LogP contribution < -0.4 is 54.8 Å². The first-order valence-electron chi connectivity index (χ1n) is 19.0. The van der Waals surface area contributed by atoms with Crippen LogP contribution in [0.2, 0.25) is 0 Å². The first-order chi connectivity index (χ1) is 29.7. The van der Waals surface area contributed by atoms with E-state index >= 15 is 0 Å². The number of anilines is 1. The standard InChI is InChI=1S/C40H43IN9O12/c42-28-19-17-27(18-20-28)41-46(40(58)32-12-6-16-36(54)50(32)62)26-8-25-45(39(57)31-11-5-15-35(53)49(31)61)23-2-1-22-44(38(56)30-10-4-14-34(52)48(30)60)24-7-21-43-37(55)29-9-3-13-33(51)47(29)59/h3-6,9-20,59-62H,1-2,7-8,21-26,42H2,(H,43,55)/q-1. The van der Waals surface area contributed by atoms with Crippen LogP contribution in [0.4, 0.5) is 5.69 Å². The zero-order valence-electron chi connectivity index (χ0n) is 32.9. The molecule has 0 aliphatic heterocycles. The summed E-state index contributed by atoms with van der Waals surface area (Å²) in [4.78, 5) is 105. The Balaban J connectivity index is 1.30. The van der Waals surface area contributed by atoms with Crippen LogP contribution in [0.5, 0.6) is 0 Å². The summed E-state index contributed by atoms with van der Waals surface area (Å²) in [5.74, 6) is -2.82. The van der Waals surface area contributed by atoms with Gasteiger partial charge in [-0.3, -0.25) is 14.4 Å². The molecule has 0 bridgehead atoms. The van der Waals surface area contributed by atoms with Gasteiger partial charge in [0.2, 0.25) is 0 Å². The number of carbonyl (C=O) groups excluding carboxylic acids is 4. The molecule has 0 radical (unpaired) electrons. The number of amides is 4. The summed E-state index contributed by atoms with van der Waals surface area (Å²) in [5.41, 5.74) is 1.83. The molecule has 328 valence electrons. The van der Waals surface area contributed by atoms with Crippen molar-refractivity contribution >= 4 is 29.3 Å². The van der Waals surface area contributed by atoms with Crippen LogP contribution in [0, 0.1) is 3.57 Å². The van der Waals surface area contributed by atoms with Gasteiger partial charge in [0.15, 0.2) is 0 Å². The van der Waals surface area contributed by atoms with Crippen molar-refractivity contribution in [3.63, 3.8) is 0 Å². The van der Waals surface area contributed by atoms with E-state index < -0.39 is 67.3 Å². The Hall–Kier alpha value is -7.37. The average molecular weight is 969 g/mol. The molecule has 1 aromatic carbocycles. The van der Waals surface area contributed by atoms with Crippen LogP contribution in [0.3, 0.4) is 0 Å². The Kier molecular flexibility index (Phi) is 15.7. The van der Waals surface area contributed by atoms with E-state index in [9.17, 15) is 59.2 Å². The number of nitrogens with zero attached hydrogens (tertiary/aromatic N) is 7. The van der Waals surface area contributed by atoms with Crippen LogP contribution in [-0.4, -0.2) is 116 Å². The molecule has 7 N–H and O–H groups in total. The van der Waals surface area contributed by atoms with Crippen LogP contribution in [0.1, 0.15) is 67.6 Å². The first-order valence-corrected chi connectivity index (χ1v) is 21.1. The van der Waals surface area contributed by atoms with Crippen molar-refractivity contribution in [2.45, 2.75) is 25.7 Å². The number of rotatable bonds is 19. The number of unbranched alkanes of at least 4 members (excludes halogenated alkanes) is 1. The number of aromatic nitrogens is 4. The number of halogens is 1. The van der Waals surface area contributed by atoms with Crippen LogP contribution in [0.25, 0.3) is 0 Å². The number of nitrogens with two attached hydrogens (primary N) is 1. The van der Waals surface area contributed by atoms with E-state index in [1.54, 1.807) is 24.3 Å². The van der Waals surface area contributed by atoms with Crippen molar-refractivity contribution in [2.24, 2.45) is 0 Å². The Labute approximate surface area is 362 Å². The zero-order valence-corrected chi connectivity index (χ0v) is 35.1. The summed E-state index contributed by atoms with van der Waals surface area (Å²) in [6.45, 7) is 0.141. The van der Waals surface area contributed by atoms with E-state index in [0.717, 1.165) is 27.8 Å². The van der Waals surface area contributed by atoms with Gasteiger partial charge in [0.25, 0.3) is 17.0 Å². The molecule has 0 spiro atoms. The number of hydrogen-bond acceptors (Lipinski definition) is 13. The number of hydrogen-bond donors (Lipinski definition) is 6. The van der Waals surface area contributed by atoms with E-state index in [2.05, 4.69) is 5.32 Å². The minimum atomic E-state index is -1.23. The molecular formula is C40H43IN9O12-. The fourth-order valence-corrected chi connectivity index (χ4v) is 8.45. The third-order valence-electron chi connectivity index (χ3n) is 9.25. The molecular weight excluding hydrogens is 925 g/mol. The molecule has 4 aromatic heterocycles. The molecule has 5 rings (SSSR count). The molecule has 0 atom stereocenters. The maximum absolute atomic E-state index is 13.9. The molecule has 5 aromatic rings. The fraction of sp³-hybridized carbons (Fsp3) is 0.250. The second-order valence-corrected chi connectivity index (χ2v) is 16.4. The number of pyridine rings is 4. The number of benzene rings is 1. The van der Waals surface area contributed by atoms with Crippen molar-refractivity contribution in [2.75, 3.05) is 45.0 Å². The molecule has 0 fully saturated rings. The minimum absolute atomic E-state index is 0.00410. The molecule has 0 aliphatic carbocycles. The number of nitrogen functional groups attached to an aromatic ring is 1. The van der Waals surface area contributed by atoms with Crippen molar-refractivity contribution in [1.29, 1.82) is 0 Å². The van der Waals surface area contributed by atoms with E-state index in [1.165, 1.54) is 61.4 Å². The van der Waals surface area contributed by atoms with E-state index in [1.807, 2.05) is 0 Å². The quantitative estimate of drug-likeness (QED) is 0.0164. The van der Waals surface area contributed by atoms with E-state index in [0.29, 0.717) is 5.69 Å². The molecule has 0 saturated carbocycles. The maximum atomic E-state index is 13.9. The first kappa shape index (κ1) is 45.7. The molecule has 22 heteroatoms. The summed E-state index contributed by atoms with van der Waals surface area (Å²) in [5, 5.41) is 43.6. The Morgan fingerprint density at radius 2 is 0.887 bits per heavy atom. The van der Waals surface area contributed by atoms with Gasteiger partial charge in [0.1, 0.15) is 5.69 Å². The van der Waals surface area contributed by atoms with Crippen molar-refractivity contribution in [1.82, 2.24) is 37.2 Å². The van der Waals surface area contributed by atoms with Gasteiger partial charge < -0.3 is 15.7 Å². The third kappa shape index (κ3) is 11.5. The average Bonchev–Trinajstić information content (AvgIpc) is 3.25. The van der Waals surface area contributed by atoms with Crippen molar-refractivity contribution in [3.8, 4) is 0 Å². The summed E-state index contributed by atoms with van der Waals surface area (Å²) < 4.78 is 3.16. The Bertz CT molecular complexity index is 2660. The monoisotopic (exact) mass is 968 g/mol. The van der Waals surface area contributed by atoms with Gasteiger partial charge in [-0.2, -0.15) is 0 Å². The van der Waals surface area contributed by atoms with Gasteiger partial charge in [-0.25, -0.2) is 0 Å². The number of carbonyl (C=O) groups is 4. The van der Waals surface area contributed by atoms with Gasteiger partial charge in [0, 0.05) is 18.7 Å². The molecule has 0 aliphatic rings.